The lowest BCUT2D eigenvalue weighted by atomic mass is 9.98. The molecule has 0 spiro atoms. The van der Waals surface area contributed by atoms with Gasteiger partial charge in [-0.05, 0) is 24.1 Å². The fourth-order valence-corrected chi connectivity index (χ4v) is 3.36. The minimum Gasteiger partial charge on any atom is -0.489 e. The smallest absolute Gasteiger partial charge is 0.166 e. The number of benzene rings is 3. The van der Waals surface area contributed by atoms with Crippen LogP contribution in [0.25, 0.3) is 11.1 Å². The maximum absolute atomic E-state index is 14.2. The van der Waals surface area contributed by atoms with Crippen LogP contribution in [0, 0.1) is 18.6 Å². The second kappa shape index (κ2) is 6.32. The average Bonchev–Trinajstić information content (AvgIpc) is 3.02. The van der Waals surface area contributed by atoms with Crippen molar-refractivity contribution in [2.75, 3.05) is 0 Å². The van der Waals surface area contributed by atoms with Gasteiger partial charge in [0.25, 0.3) is 0 Å². The van der Waals surface area contributed by atoms with Gasteiger partial charge in [0, 0.05) is 24.0 Å². The third-order valence-corrected chi connectivity index (χ3v) is 4.65. The van der Waals surface area contributed by atoms with E-state index in [1.807, 2.05) is 12.1 Å². The quantitative estimate of drug-likeness (QED) is 0.615. The third kappa shape index (κ3) is 3.02. The Balaban J connectivity index is 1.63. The van der Waals surface area contributed by atoms with Crippen LogP contribution in [0.2, 0.25) is 0 Å². The summed E-state index contributed by atoms with van der Waals surface area (Å²) in [6.45, 7) is 2.06. The van der Waals surface area contributed by atoms with Crippen molar-refractivity contribution in [1.29, 1.82) is 0 Å². The molecule has 0 amide bonds. The molecular weight excluding hydrogens is 318 g/mol. The van der Waals surface area contributed by atoms with Crippen molar-refractivity contribution < 1.29 is 13.5 Å². The molecule has 0 N–H and O–H groups in total. The summed E-state index contributed by atoms with van der Waals surface area (Å²) in [6, 6.07) is 18.3. The van der Waals surface area contributed by atoms with E-state index in [1.54, 1.807) is 12.1 Å². The molecule has 0 radical (unpaired) electrons. The van der Waals surface area contributed by atoms with Gasteiger partial charge in [-0.1, -0.05) is 60.2 Å². The van der Waals surface area contributed by atoms with E-state index in [0.717, 1.165) is 24.5 Å². The number of halogens is 2. The lowest BCUT2D eigenvalue weighted by Gasteiger charge is -2.13. The molecule has 1 atom stereocenters. The summed E-state index contributed by atoms with van der Waals surface area (Å²) in [5, 5.41) is 0. The molecule has 126 valence electrons. The molecule has 4 rings (SSSR count). The lowest BCUT2D eigenvalue weighted by molar-refractivity contribution is 0.234. The van der Waals surface area contributed by atoms with E-state index in [-0.39, 0.29) is 11.7 Å². The molecule has 1 aliphatic rings. The van der Waals surface area contributed by atoms with Crippen LogP contribution in [0.5, 0.6) is 5.75 Å². The second-order valence-electron chi connectivity index (χ2n) is 6.53. The SMILES string of the molecule is Cc1ccc(CC2Cc3cccc(-c4cccc(F)c4F)c3O2)cc1. The molecule has 3 heteroatoms. The Morgan fingerprint density at radius 1 is 0.920 bits per heavy atom. The first-order chi connectivity index (χ1) is 12.1. The van der Waals surface area contributed by atoms with Gasteiger partial charge in [-0.3, -0.25) is 0 Å². The fraction of sp³-hybridized carbons (Fsp3) is 0.182. The van der Waals surface area contributed by atoms with E-state index in [1.165, 1.54) is 17.2 Å². The predicted octanol–water partition coefficient (Wildman–Crippen LogP) is 5.49. The highest BCUT2D eigenvalue weighted by molar-refractivity contribution is 5.73. The predicted molar refractivity (Wildman–Crippen MR) is 94.8 cm³/mol. The number of aryl methyl sites for hydroxylation is 1. The summed E-state index contributed by atoms with van der Waals surface area (Å²) in [5.41, 5.74) is 4.33. The minimum atomic E-state index is -0.843. The molecule has 0 fully saturated rings. The Morgan fingerprint density at radius 2 is 1.64 bits per heavy atom. The van der Waals surface area contributed by atoms with Crippen molar-refractivity contribution in [2.45, 2.75) is 25.9 Å². The van der Waals surface area contributed by atoms with E-state index in [2.05, 4.69) is 31.2 Å². The first kappa shape index (κ1) is 15.8. The van der Waals surface area contributed by atoms with Crippen molar-refractivity contribution in [1.82, 2.24) is 0 Å². The molecule has 0 aromatic heterocycles. The zero-order valence-electron chi connectivity index (χ0n) is 13.9. The van der Waals surface area contributed by atoms with Crippen LogP contribution >= 0.6 is 0 Å². The Hall–Kier alpha value is -2.68. The van der Waals surface area contributed by atoms with Gasteiger partial charge in [0.1, 0.15) is 11.9 Å². The van der Waals surface area contributed by atoms with Crippen molar-refractivity contribution in [3.63, 3.8) is 0 Å². The molecule has 1 heterocycles. The van der Waals surface area contributed by atoms with Crippen LogP contribution in [0.1, 0.15) is 16.7 Å². The monoisotopic (exact) mass is 336 g/mol. The zero-order valence-corrected chi connectivity index (χ0v) is 13.9. The number of fused-ring (bicyclic) bond motifs is 1. The standard InChI is InChI=1S/C22H18F2O/c1-14-8-10-15(11-9-14)12-17-13-16-4-2-6-19(22(16)25-17)18-5-3-7-20(23)21(18)24/h2-11,17H,12-13H2,1H3. The van der Waals surface area contributed by atoms with Crippen LogP contribution < -0.4 is 4.74 Å². The first-order valence-electron chi connectivity index (χ1n) is 8.40. The summed E-state index contributed by atoms with van der Waals surface area (Å²) < 4.78 is 33.9. The second-order valence-corrected chi connectivity index (χ2v) is 6.53. The Kier molecular flexibility index (Phi) is 4.00. The third-order valence-electron chi connectivity index (χ3n) is 4.65. The molecule has 25 heavy (non-hydrogen) atoms. The number of hydrogen-bond acceptors (Lipinski definition) is 1. The van der Waals surface area contributed by atoms with Gasteiger partial charge in [-0.25, -0.2) is 8.78 Å². The van der Waals surface area contributed by atoms with Crippen molar-refractivity contribution >= 4 is 0 Å². The Labute approximate surface area is 145 Å². The highest BCUT2D eigenvalue weighted by Gasteiger charge is 2.27. The molecule has 0 saturated carbocycles. The highest BCUT2D eigenvalue weighted by Crippen LogP contribution is 2.40. The zero-order chi connectivity index (χ0) is 17.4. The molecule has 0 saturated heterocycles. The van der Waals surface area contributed by atoms with Gasteiger partial charge in [-0.2, -0.15) is 0 Å². The number of hydrogen-bond donors (Lipinski definition) is 0. The average molecular weight is 336 g/mol. The van der Waals surface area contributed by atoms with Crippen LogP contribution in [0.3, 0.4) is 0 Å². The fourth-order valence-electron chi connectivity index (χ4n) is 3.36. The number of ether oxygens (including phenoxy) is 1. The molecule has 1 aliphatic heterocycles. The molecule has 3 aromatic carbocycles. The van der Waals surface area contributed by atoms with E-state index in [0.29, 0.717) is 11.3 Å². The summed E-state index contributed by atoms with van der Waals surface area (Å²) >= 11 is 0. The highest BCUT2D eigenvalue weighted by atomic mass is 19.2. The van der Waals surface area contributed by atoms with Crippen LogP contribution in [-0.4, -0.2) is 6.10 Å². The maximum Gasteiger partial charge on any atom is 0.166 e. The van der Waals surface area contributed by atoms with Crippen LogP contribution in [0.15, 0.2) is 60.7 Å². The van der Waals surface area contributed by atoms with Crippen LogP contribution in [-0.2, 0) is 12.8 Å². The molecule has 3 aromatic rings. The van der Waals surface area contributed by atoms with Crippen molar-refractivity contribution in [2.24, 2.45) is 0 Å². The van der Waals surface area contributed by atoms with Crippen LogP contribution in [0.4, 0.5) is 8.78 Å². The molecule has 0 bridgehead atoms. The Morgan fingerprint density at radius 3 is 2.44 bits per heavy atom. The first-order valence-corrected chi connectivity index (χ1v) is 8.40. The van der Waals surface area contributed by atoms with Gasteiger partial charge < -0.3 is 4.74 Å². The number of para-hydroxylation sites is 1. The van der Waals surface area contributed by atoms with Crippen molar-refractivity contribution in [3.8, 4) is 16.9 Å². The molecule has 1 unspecified atom stereocenters. The maximum atomic E-state index is 14.2. The normalized spacial score (nSPS) is 15.7. The summed E-state index contributed by atoms with van der Waals surface area (Å²) in [5.74, 6) is -1.00. The number of rotatable bonds is 3. The lowest BCUT2D eigenvalue weighted by Crippen LogP contribution is -2.16. The van der Waals surface area contributed by atoms with Gasteiger partial charge >= 0.3 is 0 Å². The largest absolute Gasteiger partial charge is 0.489 e. The minimum absolute atomic E-state index is 0.00970. The topological polar surface area (TPSA) is 9.23 Å². The van der Waals surface area contributed by atoms with Crippen molar-refractivity contribution in [3.05, 3.63) is 89.0 Å². The van der Waals surface area contributed by atoms with Gasteiger partial charge in [0.2, 0.25) is 0 Å². The van der Waals surface area contributed by atoms with E-state index in [4.69, 9.17) is 4.74 Å². The summed E-state index contributed by atoms with van der Waals surface area (Å²) in [7, 11) is 0. The molecule has 1 nitrogen and oxygen atoms in total. The summed E-state index contributed by atoms with van der Waals surface area (Å²) in [6.07, 6.45) is 1.57. The van der Waals surface area contributed by atoms with E-state index in [9.17, 15) is 8.78 Å². The Bertz CT molecular complexity index is 916. The van der Waals surface area contributed by atoms with Gasteiger partial charge in [-0.15, -0.1) is 0 Å². The van der Waals surface area contributed by atoms with E-state index >= 15 is 0 Å². The van der Waals surface area contributed by atoms with Gasteiger partial charge in [0.05, 0.1) is 0 Å². The molecular formula is C22H18F2O. The summed E-state index contributed by atoms with van der Waals surface area (Å²) in [4.78, 5) is 0. The van der Waals surface area contributed by atoms with E-state index < -0.39 is 11.6 Å². The van der Waals surface area contributed by atoms with Gasteiger partial charge in [0.15, 0.2) is 11.6 Å². The molecule has 0 aliphatic carbocycles.